The summed E-state index contributed by atoms with van der Waals surface area (Å²) in [6, 6.07) is 31.0. The quantitative estimate of drug-likeness (QED) is 0.250. The highest BCUT2D eigenvalue weighted by atomic mass is 32.2. The van der Waals surface area contributed by atoms with Gasteiger partial charge in [-0.2, -0.15) is 0 Å². The van der Waals surface area contributed by atoms with Gasteiger partial charge in [-0.1, -0.05) is 79.7 Å². The summed E-state index contributed by atoms with van der Waals surface area (Å²) < 4.78 is 13.1. The third-order valence-electron chi connectivity index (χ3n) is 6.90. The zero-order chi connectivity index (χ0) is 27.0. The topological polar surface area (TPSA) is 80.7 Å². The van der Waals surface area contributed by atoms with E-state index in [1.54, 1.807) is 30.1 Å². The Hall–Kier alpha value is -3.49. The van der Waals surface area contributed by atoms with Crippen LogP contribution in [0.4, 0.5) is 0 Å². The molecule has 2 heterocycles. The van der Waals surface area contributed by atoms with Gasteiger partial charge < -0.3 is 19.9 Å². The number of amides is 1. The molecule has 1 aliphatic rings. The molecule has 0 saturated carbocycles. The molecule has 2 N–H and O–H groups in total. The van der Waals surface area contributed by atoms with E-state index in [1.807, 2.05) is 84.9 Å². The summed E-state index contributed by atoms with van der Waals surface area (Å²) in [7, 11) is 0. The molecule has 0 aliphatic carbocycles. The second-order valence-corrected chi connectivity index (χ2v) is 10.6. The Labute approximate surface area is 233 Å². The van der Waals surface area contributed by atoms with Crippen LogP contribution >= 0.6 is 11.8 Å². The van der Waals surface area contributed by atoms with Crippen molar-refractivity contribution in [2.24, 2.45) is 5.92 Å². The monoisotopic (exact) mass is 540 g/mol. The molecule has 200 valence electrons. The summed E-state index contributed by atoms with van der Waals surface area (Å²) in [5.41, 5.74) is 4.48. The highest BCUT2D eigenvalue weighted by Crippen LogP contribution is 2.42. The maximum Gasteiger partial charge on any atom is 0.251 e. The summed E-state index contributed by atoms with van der Waals surface area (Å²) in [5, 5.41) is 13.4. The van der Waals surface area contributed by atoms with E-state index < -0.39 is 6.29 Å². The number of benzene rings is 3. The first kappa shape index (κ1) is 27.1. The number of carbonyl (C=O) groups excluding carboxylic acids is 1. The maximum absolute atomic E-state index is 12.4. The first-order valence-electron chi connectivity index (χ1n) is 13.1. The minimum atomic E-state index is -0.536. The number of hydrogen-bond donors (Lipinski definition) is 2. The van der Waals surface area contributed by atoms with Crippen LogP contribution in [0.3, 0.4) is 0 Å². The van der Waals surface area contributed by atoms with Crippen LogP contribution in [-0.4, -0.2) is 27.9 Å². The first-order chi connectivity index (χ1) is 19.1. The Morgan fingerprint density at radius 2 is 1.56 bits per heavy atom. The zero-order valence-electron chi connectivity index (χ0n) is 21.8. The second-order valence-electron chi connectivity index (χ2n) is 9.59. The second kappa shape index (κ2) is 13.0. The van der Waals surface area contributed by atoms with E-state index in [9.17, 15) is 9.90 Å². The van der Waals surface area contributed by atoms with Gasteiger partial charge in [-0.05, 0) is 41.0 Å². The number of aromatic nitrogens is 1. The number of pyridine rings is 1. The lowest BCUT2D eigenvalue weighted by Crippen LogP contribution is -2.38. The average molecular weight is 541 g/mol. The van der Waals surface area contributed by atoms with Gasteiger partial charge in [0.2, 0.25) is 0 Å². The van der Waals surface area contributed by atoms with E-state index in [2.05, 4.69) is 17.2 Å². The molecule has 0 unspecified atom stereocenters. The van der Waals surface area contributed by atoms with Crippen LogP contribution < -0.4 is 5.32 Å². The minimum Gasteiger partial charge on any atom is -0.392 e. The Morgan fingerprint density at radius 3 is 2.26 bits per heavy atom. The van der Waals surface area contributed by atoms with Crippen LogP contribution in [0.15, 0.2) is 108 Å². The van der Waals surface area contributed by atoms with Gasteiger partial charge in [0.25, 0.3) is 5.91 Å². The Bertz CT molecular complexity index is 1330. The largest absolute Gasteiger partial charge is 0.392 e. The number of nitrogens with one attached hydrogen (secondary N) is 1. The number of thioether (sulfide) groups is 1. The fraction of sp³-hybridized carbons (Fsp3) is 0.250. The van der Waals surface area contributed by atoms with Gasteiger partial charge in [-0.25, -0.2) is 4.98 Å². The van der Waals surface area contributed by atoms with Crippen LogP contribution in [0.5, 0.6) is 0 Å². The Balaban J connectivity index is 1.30. The third kappa shape index (κ3) is 6.94. The number of rotatable bonds is 9. The summed E-state index contributed by atoms with van der Waals surface area (Å²) in [6.07, 6.45) is 1.03. The summed E-state index contributed by atoms with van der Waals surface area (Å²) >= 11 is 1.68. The van der Waals surface area contributed by atoms with Gasteiger partial charge in [-0.15, -0.1) is 11.8 Å². The van der Waals surface area contributed by atoms with E-state index >= 15 is 0 Å². The molecular weight excluding hydrogens is 508 g/mol. The van der Waals surface area contributed by atoms with E-state index in [4.69, 9.17) is 9.47 Å². The zero-order valence-corrected chi connectivity index (χ0v) is 22.6. The SMILES string of the molecule is C[C@@H]1[C@H](CSc2ccccn2)O[C@H](c2ccc(CNC(=O)c3ccccc3)cc2)O[C@@H]1c1ccc(CO)cc1. The highest BCUT2D eigenvalue weighted by Gasteiger charge is 2.38. The van der Waals surface area contributed by atoms with Gasteiger partial charge in [0.1, 0.15) is 0 Å². The number of carbonyl (C=O) groups is 1. The van der Waals surface area contributed by atoms with Crippen LogP contribution in [0.25, 0.3) is 0 Å². The van der Waals surface area contributed by atoms with Gasteiger partial charge in [0, 0.05) is 35.5 Å². The Morgan fingerprint density at radius 1 is 0.872 bits per heavy atom. The number of aliphatic hydroxyl groups is 1. The normalized spacial score (nSPS) is 20.9. The number of aliphatic hydroxyl groups excluding tert-OH is 1. The lowest BCUT2D eigenvalue weighted by Gasteiger charge is -2.41. The van der Waals surface area contributed by atoms with Crippen LogP contribution in [-0.2, 0) is 22.6 Å². The summed E-state index contributed by atoms with van der Waals surface area (Å²) in [4.78, 5) is 16.8. The molecule has 1 aliphatic heterocycles. The van der Waals surface area contributed by atoms with E-state index in [0.717, 1.165) is 33.0 Å². The highest BCUT2D eigenvalue weighted by molar-refractivity contribution is 7.99. The minimum absolute atomic E-state index is 0.00852. The van der Waals surface area contributed by atoms with Crippen molar-refractivity contribution in [3.63, 3.8) is 0 Å². The van der Waals surface area contributed by atoms with Crippen molar-refractivity contribution in [1.29, 1.82) is 0 Å². The van der Waals surface area contributed by atoms with Crippen molar-refractivity contribution in [2.75, 3.05) is 5.75 Å². The van der Waals surface area contributed by atoms with Gasteiger partial charge in [0.15, 0.2) is 6.29 Å². The molecule has 0 bridgehead atoms. The first-order valence-corrected chi connectivity index (χ1v) is 14.1. The molecule has 4 aromatic rings. The molecule has 1 aromatic heterocycles. The third-order valence-corrected chi connectivity index (χ3v) is 7.93. The fourth-order valence-corrected chi connectivity index (χ4v) is 5.60. The molecule has 7 heteroatoms. The molecule has 5 rings (SSSR count). The molecular formula is C32H32N2O4S. The lowest BCUT2D eigenvalue weighted by molar-refractivity contribution is -0.268. The molecule has 3 aromatic carbocycles. The van der Waals surface area contributed by atoms with E-state index in [1.165, 1.54) is 0 Å². The predicted octanol–water partition coefficient (Wildman–Crippen LogP) is 6.09. The Kier molecular flexibility index (Phi) is 9.06. The van der Waals surface area contributed by atoms with Crippen LogP contribution in [0, 0.1) is 5.92 Å². The molecule has 1 fully saturated rings. The van der Waals surface area contributed by atoms with Gasteiger partial charge >= 0.3 is 0 Å². The standard InChI is InChI=1S/C32H32N2O4S/c1-22-28(21-39-29-9-5-6-18-33-29)37-32(38-30(22)25-14-12-24(20-35)13-15-25)27-16-10-23(11-17-27)19-34-31(36)26-7-3-2-4-8-26/h2-18,22,28,30,32,35H,19-21H2,1H3,(H,34,36)/t22-,28+,30+,32+/m1/s1. The van der Waals surface area contributed by atoms with Gasteiger partial charge in [-0.3, -0.25) is 4.79 Å². The van der Waals surface area contributed by atoms with Crippen molar-refractivity contribution in [1.82, 2.24) is 10.3 Å². The number of ether oxygens (including phenoxy) is 2. The maximum atomic E-state index is 12.4. The predicted molar refractivity (Wildman–Crippen MR) is 152 cm³/mol. The molecule has 0 radical (unpaired) electrons. The van der Waals surface area contributed by atoms with Crippen molar-refractivity contribution in [3.8, 4) is 0 Å². The van der Waals surface area contributed by atoms with E-state index in [0.29, 0.717) is 12.1 Å². The molecule has 1 saturated heterocycles. The van der Waals surface area contributed by atoms with E-state index in [-0.39, 0.29) is 30.6 Å². The average Bonchev–Trinajstić information content (AvgIpc) is 3.00. The lowest BCUT2D eigenvalue weighted by atomic mass is 9.91. The molecule has 1 amide bonds. The van der Waals surface area contributed by atoms with Crippen LogP contribution in [0.2, 0.25) is 0 Å². The fourth-order valence-electron chi connectivity index (χ4n) is 4.58. The molecule has 39 heavy (non-hydrogen) atoms. The number of hydrogen-bond acceptors (Lipinski definition) is 6. The molecule has 6 nitrogen and oxygen atoms in total. The van der Waals surface area contributed by atoms with Crippen molar-refractivity contribution in [3.05, 3.63) is 131 Å². The summed E-state index contributed by atoms with van der Waals surface area (Å²) in [5.74, 6) is 0.744. The molecule has 0 spiro atoms. The van der Waals surface area contributed by atoms with Crippen LogP contribution in [0.1, 0.15) is 51.9 Å². The number of nitrogens with zero attached hydrogens (tertiary/aromatic N) is 1. The summed E-state index contributed by atoms with van der Waals surface area (Å²) in [6.45, 7) is 2.60. The van der Waals surface area contributed by atoms with Gasteiger partial charge in [0.05, 0.1) is 23.8 Å². The smallest absolute Gasteiger partial charge is 0.251 e. The van der Waals surface area contributed by atoms with Crippen molar-refractivity contribution < 1.29 is 19.4 Å². The van der Waals surface area contributed by atoms with Crippen molar-refractivity contribution in [2.45, 2.75) is 43.6 Å². The van der Waals surface area contributed by atoms with Crippen molar-refractivity contribution >= 4 is 17.7 Å². The molecule has 4 atom stereocenters.